The van der Waals surface area contributed by atoms with Crippen LogP contribution in [0.2, 0.25) is 6.82 Å². The standard InChI is InChI=1S/C18H33BN2O4/c1-3-4-5-6-10-13-15(21-19(2)25)17(22)20-16(18(23)24)14-11-8-7-9-12-14/h3,14-16,21,25H,1,4-13H2,2H3,(H,20,22)(H,23,24)/t15-,16-/m0/s1. The molecule has 1 aliphatic rings. The normalized spacial score (nSPS) is 17.5. The van der Waals surface area contributed by atoms with Gasteiger partial charge in [-0.25, -0.2) is 4.79 Å². The third-order valence-electron chi connectivity index (χ3n) is 4.84. The average molecular weight is 352 g/mol. The second-order valence-electron chi connectivity index (χ2n) is 7.04. The van der Waals surface area contributed by atoms with Crippen molar-refractivity contribution in [3.63, 3.8) is 0 Å². The zero-order valence-electron chi connectivity index (χ0n) is 15.4. The smallest absolute Gasteiger partial charge is 0.374 e. The van der Waals surface area contributed by atoms with E-state index in [4.69, 9.17) is 0 Å². The van der Waals surface area contributed by atoms with Gasteiger partial charge in [0.05, 0.1) is 6.04 Å². The van der Waals surface area contributed by atoms with Gasteiger partial charge in [-0.2, -0.15) is 0 Å². The monoisotopic (exact) mass is 352 g/mol. The molecule has 0 aromatic rings. The van der Waals surface area contributed by atoms with Crippen LogP contribution in [0.15, 0.2) is 12.7 Å². The zero-order valence-corrected chi connectivity index (χ0v) is 15.4. The molecule has 1 saturated carbocycles. The van der Waals surface area contributed by atoms with Crippen molar-refractivity contribution in [3.8, 4) is 0 Å². The van der Waals surface area contributed by atoms with Crippen molar-refractivity contribution < 1.29 is 19.7 Å². The van der Waals surface area contributed by atoms with Crippen molar-refractivity contribution in [1.29, 1.82) is 0 Å². The quantitative estimate of drug-likeness (QED) is 0.245. The first-order valence-corrected chi connectivity index (χ1v) is 9.54. The van der Waals surface area contributed by atoms with E-state index in [2.05, 4.69) is 17.1 Å². The predicted molar refractivity (Wildman–Crippen MR) is 100 cm³/mol. The highest BCUT2D eigenvalue weighted by Crippen LogP contribution is 2.26. The first kappa shape index (κ1) is 21.7. The van der Waals surface area contributed by atoms with E-state index >= 15 is 0 Å². The van der Waals surface area contributed by atoms with Gasteiger partial charge in [-0.3, -0.25) is 4.79 Å². The lowest BCUT2D eigenvalue weighted by molar-refractivity contribution is -0.144. The molecule has 1 amide bonds. The van der Waals surface area contributed by atoms with Gasteiger partial charge in [0, 0.05) is 0 Å². The van der Waals surface area contributed by atoms with Gasteiger partial charge in [-0.15, -0.1) is 6.58 Å². The molecule has 1 aliphatic carbocycles. The van der Waals surface area contributed by atoms with E-state index in [-0.39, 0.29) is 11.8 Å². The Kier molecular flexibility index (Phi) is 10.5. The average Bonchev–Trinajstić information content (AvgIpc) is 2.58. The van der Waals surface area contributed by atoms with Crippen LogP contribution in [-0.4, -0.2) is 41.1 Å². The van der Waals surface area contributed by atoms with E-state index in [0.29, 0.717) is 6.42 Å². The van der Waals surface area contributed by atoms with Crippen LogP contribution in [0.3, 0.4) is 0 Å². The van der Waals surface area contributed by atoms with Crippen molar-refractivity contribution in [3.05, 3.63) is 12.7 Å². The molecule has 0 heterocycles. The zero-order chi connectivity index (χ0) is 18.7. The molecule has 0 bridgehead atoms. The minimum Gasteiger partial charge on any atom is -0.480 e. The summed E-state index contributed by atoms with van der Waals surface area (Å²) in [5.74, 6) is -1.31. The molecular weight excluding hydrogens is 319 g/mol. The van der Waals surface area contributed by atoms with Crippen LogP contribution in [-0.2, 0) is 9.59 Å². The molecule has 0 aromatic heterocycles. The summed E-state index contributed by atoms with van der Waals surface area (Å²) in [6.07, 6.45) is 11.1. The minimum absolute atomic E-state index is 0.00464. The van der Waals surface area contributed by atoms with Gasteiger partial charge in [-0.05, 0) is 44.8 Å². The van der Waals surface area contributed by atoms with Gasteiger partial charge in [0.15, 0.2) is 0 Å². The number of nitrogens with one attached hydrogen (secondary N) is 2. The number of hydrogen-bond acceptors (Lipinski definition) is 4. The van der Waals surface area contributed by atoms with E-state index in [9.17, 15) is 19.7 Å². The molecule has 0 radical (unpaired) electrons. The number of allylic oxidation sites excluding steroid dienone is 1. The maximum absolute atomic E-state index is 12.6. The number of carboxylic acids is 1. The third kappa shape index (κ3) is 8.54. The van der Waals surface area contributed by atoms with Crippen LogP contribution in [0.5, 0.6) is 0 Å². The molecule has 0 spiro atoms. The topological polar surface area (TPSA) is 98.7 Å². The molecule has 2 atom stereocenters. The Balaban J connectivity index is 2.60. The fraction of sp³-hybridized carbons (Fsp3) is 0.778. The lowest BCUT2D eigenvalue weighted by Gasteiger charge is -2.29. The lowest BCUT2D eigenvalue weighted by atomic mass is 9.83. The van der Waals surface area contributed by atoms with Crippen LogP contribution >= 0.6 is 0 Å². The van der Waals surface area contributed by atoms with Gasteiger partial charge in [0.2, 0.25) is 5.91 Å². The summed E-state index contributed by atoms with van der Waals surface area (Å²) in [5, 5.41) is 24.7. The molecule has 0 aliphatic heterocycles. The number of unbranched alkanes of at least 4 members (excludes halogenated alkanes) is 3. The number of aliphatic carboxylic acids is 1. The Labute approximate surface area is 151 Å². The van der Waals surface area contributed by atoms with Gasteiger partial charge >= 0.3 is 13.0 Å². The lowest BCUT2D eigenvalue weighted by Crippen LogP contribution is -2.55. The Morgan fingerprint density at radius 2 is 1.92 bits per heavy atom. The van der Waals surface area contributed by atoms with Crippen molar-refractivity contribution in [2.24, 2.45) is 5.92 Å². The SMILES string of the molecule is C=CCCCCC[C@H](NB(C)O)C(=O)N[C@H](C(=O)O)C1CCCCC1. The molecule has 1 rings (SSSR count). The van der Waals surface area contributed by atoms with Gasteiger partial charge in [0.25, 0.3) is 0 Å². The second kappa shape index (κ2) is 12.1. The predicted octanol–water partition coefficient (Wildman–Crippen LogP) is 2.34. The summed E-state index contributed by atoms with van der Waals surface area (Å²) in [6, 6.07) is -1.42. The number of amides is 1. The first-order chi connectivity index (χ1) is 12.0. The van der Waals surface area contributed by atoms with Gasteiger partial charge in [-0.1, -0.05) is 38.2 Å². The van der Waals surface area contributed by atoms with Crippen LogP contribution < -0.4 is 10.5 Å². The maximum Gasteiger partial charge on any atom is 0.374 e. The van der Waals surface area contributed by atoms with E-state index in [1.165, 1.54) is 0 Å². The number of hydrogen-bond donors (Lipinski definition) is 4. The van der Waals surface area contributed by atoms with E-state index in [0.717, 1.165) is 57.8 Å². The molecule has 7 heteroatoms. The van der Waals surface area contributed by atoms with E-state index in [1.54, 1.807) is 6.82 Å². The van der Waals surface area contributed by atoms with Crippen LogP contribution in [0.4, 0.5) is 0 Å². The molecule has 0 aromatic carbocycles. The van der Waals surface area contributed by atoms with Gasteiger partial charge < -0.3 is 20.7 Å². The molecule has 4 N–H and O–H groups in total. The number of rotatable bonds is 12. The van der Waals surface area contributed by atoms with Gasteiger partial charge in [0.1, 0.15) is 6.04 Å². The van der Waals surface area contributed by atoms with Crippen molar-refractivity contribution in [2.45, 2.75) is 83.1 Å². The maximum atomic E-state index is 12.6. The summed E-state index contributed by atoms with van der Waals surface area (Å²) in [6.45, 7) is 5.25. The van der Waals surface area contributed by atoms with Crippen molar-refractivity contribution >= 4 is 18.9 Å². The van der Waals surface area contributed by atoms with Crippen LogP contribution in [0, 0.1) is 5.92 Å². The summed E-state index contributed by atoms with van der Waals surface area (Å²) >= 11 is 0. The first-order valence-electron chi connectivity index (χ1n) is 9.54. The number of carbonyl (C=O) groups is 2. The fourth-order valence-electron chi connectivity index (χ4n) is 3.50. The molecule has 0 saturated heterocycles. The van der Waals surface area contributed by atoms with Crippen molar-refractivity contribution in [1.82, 2.24) is 10.5 Å². The largest absolute Gasteiger partial charge is 0.480 e. The summed E-state index contributed by atoms with van der Waals surface area (Å²) in [4.78, 5) is 24.2. The van der Waals surface area contributed by atoms with E-state index in [1.807, 2.05) is 6.08 Å². The highest BCUT2D eigenvalue weighted by molar-refractivity contribution is 6.46. The van der Waals surface area contributed by atoms with Crippen LogP contribution in [0.25, 0.3) is 0 Å². The Morgan fingerprint density at radius 3 is 2.48 bits per heavy atom. The van der Waals surface area contributed by atoms with Crippen LogP contribution in [0.1, 0.15) is 64.2 Å². The highest BCUT2D eigenvalue weighted by atomic mass is 16.4. The minimum atomic E-state index is -0.970. The molecule has 6 nitrogen and oxygen atoms in total. The Hall–Kier alpha value is -1.34. The van der Waals surface area contributed by atoms with E-state index < -0.39 is 25.1 Å². The number of carboxylic acid groups (broad SMARTS) is 1. The molecule has 1 fully saturated rings. The Bertz CT molecular complexity index is 425. The molecular formula is C18H33BN2O4. The fourth-order valence-corrected chi connectivity index (χ4v) is 3.50. The molecule has 0 unspecified atom stereocenters. The summed E-state index contributed by atoms with van der Waals surface area (Å²) in [7, 11) is -0.818. The Morgan fingerprint density at radius 1 is 1.24 bits per heavy atom. The van der Waals surface area contributed by atoms with Crippen molar-refractivity contribution in [2.75, 3.05) is 0 Å². The number of carbonyl (C=O) groups excluding carboxylic acids is 1. The molecule has 142 valence electrons. The summed E-state index contributed by atoms with van der Waals surface area (Å²) < 4.78 is 0. The summed E-state index contributed by atoms with van der Waals surface area (Å²) in [5.41, 5.74) is 0. The second-order valence-corrected chi connectivity index (χ2v) is 7.04. The molecule has 25 heavy (non-hydrogen) atoms. The highest BCUT2D eigenvalue weighted by Gasteiger charge is 2.32. The third-order valence-corrected chi connectivity index (χ3v) is 4.84.